The molecule has 28 nitrogen and oxygen atoms in total. The number of unbranched alkanes of at least 4 members (excludes halogenated alkanes) is 1. The van der Waals surface area contributed by atoms with Gasteiger partial charge < -0.3 is 91.1 Å². The molecular formula is C45H71N15O13S2. The van der Waals surface area contributed by atoms with Crippen molar-refractivity contribution < 1.29 is 63.3 Å². The minimum absolute atomic E-state index is 0.0124. The van der Waals surface area contributed by atoms with E-state index in [4.69, 9.17) is 28.7 Å². The molecule has 0 bridgehead atoms. The van der Waals surface area contributed by atoms with Crippen LogP contribution in [0.5, 0.6) is 0 Å². The Morgan fingerprint density at radius 2 is 1.24 bits per heavy atom. The quantitative estimate of drug-likeness (QED) is 0.0137. The van der Waals surface area contributed by atoms with E-state index in [1.54, 1.807) is 30.5 Å². The highest BCUT2D eigenvalue weighted by Crippen LogP contribution is 2.23. The molecule has 1 fully saturated rings. The number of nitrogens with two attached hydrogens (primary N) is 5. The van der Waals surface area contributed by atoms with Crippen molar-refractivity contribution in [3.63, 3.8) is 0 Å². The van der Waals surface area contributed by atoms with Gasteiger partial charge in [0.25, 0.3) is 0 Å². The molecule has 9 atom stereocenters. The largest absolute Gasteiger partial charge is 0.480 e. The molecule has 2 aromatic rings. The molecule has 21 N–H and O–H groups in total. The second-order valence-corrected chi connectivity index (χ2v) is 18.3. The van der Waals surface area contributed by atoms with Crippen molar-refractivity contribution in [1.29, 1.82) is 0 Å². The van der Waals surface area contributed by atoms with E-state index in [9.17, 15) is 63.3 Å². The van der Waals surface area contributed by atoms with Crippen molar-refractivity contribution in [3.8, 4) is 0 Å². The number of aliphatic hydroxyl groups excluding tert-OH is 2. The lowest BCUT2D eigenvalue weighted by molar-refractivity contribution is -0.143. The molecule has 1 aliphatic rings. The molecule has 1 aliphatic heterocycles. The summed E-state index contributed by atoms with van der Waals surface area (Å²) in [5, 5.41) is 47.2. The predicted octanol–water partition coefficient (Wildman–Crippen LogP) is -6.20. The third kappa shape index (κ3) is 19.8. The van der Waals surface area contributed by atoms with E-state index in [1.165, 1.54) is 4.90 Å². The highest BCUT2D eigenvalue weighted by Gasteiger charge is 2.40. The van der Waals surface area contributed by atoms with Gasteiger partial charge >= 0.3 is 5.97 Å². The number of guanidine groups is 1. The molecule has 75 heavy (non-hydrogen) atoms. The van der Waals surface area contributed by atoms with E-state index in [2.05, 4.69) is 72.5 Å². The van der Waals surface area contributed by atoms with Gasteiger partial charge in [0.05, 0.1) is 13.2 Å². The minimum Gasteiger partial charge on any atom is -0.480 e. The average molecular weight is 1090 g/mol. The number of nitrogens with zero attached hydrogens (tertiary/aromatic N) is 2. The maximum Gasteiger partial charge on any atom is 0.326 e. The Morgan fingerprint density at radius 3 is 1.81 bits per heavy atom. The Balaban J connectivity index is 1.86. The van der Waals surface area contributed by atoms with Crippen LogP contribution >= 0.6 is 25.3 Å². The third-order valence-electron chi connectivity index (χ3n) is 12.0. The van der Waals surface area contributed by atoms with Gasteiger partial charge in [-0.3, -0.25) is 48.1 Å². The molecule has 30 heteroatoms. The molecule has 0 saturated carbocycles. The lowest BCUT2D eigenvalue weighted by Crippen LogP contribution is -2.61. The smallest absolute Gasteiger partial charge is 0.326 e. The number of fused-ring (bicyclic) bond motifs is 1. The Hall–Kier alpha value is -6.73. The number of para-hydroxylation sites is 1. The highest BCUT2D eigenvalue weighted by atomic mass is 32.1. The molecule has 416 valence electrons. The topological polar surface area (TPSA) is 477 Å². The highest BCUT2D eigenvalue weighted by molar-refractivity contribution is 7.80. The van der Waals surface area contributed by atoms with E-state index >= 15 is 0 Å². The van der Waals surface area contributed by atoms with Crippen LogP contribution in [0.2, 0.25) is 0 Å². The number of hydrogen-bond donors (Lipinski definition) is 18. The first-order chi connectivity index (χ1) is 35.7. The molecule has 1 aromatic heterocycles. The van der Waals surface area contributed by atoms with Crippen LogP contribution in [0, 0.1) is 0 Å². The zero-order chi connectivity index (χ0) is 55.8. The number of likely N-dealkylation sites (tertiary alicyclic amines) is 1. The molecular weight excluding hydrogens is 1020 g/mol. The SMILES string of the molecule is NCCCC[C@H](NC(=O)[C@H](CCC(N)=O)NC(=O)[C@H](CS)NC(=O)[C@H](CO)NC(=O)[C@@H]1CCCN1C(=O)[C@H](Cc1c[nH]c2ccccc12)NC(=O)[C@H](CCCN=C(N)N)NC(=O)[C@H](CS)NC(=O)[C@@H](N)CO)C(=O)O. The summed E-state index contributed by atoms with van der Waals surface area (Å²) in [4.78, 5) is 141. The fourth-order valence-corrected chi connectivity index (χ4v) is 8.39. The average Bonchev–Trinajstić information content (AvgIpc) is 4.05. The molecule has 0 aliphatic carbocycles. The maximum absolute atomic E-state index is 14.8. The standard InChI is InChI=1S/C45H71N15O13S2/c46-14-4-3-9-29(44(72)73)55-38(66)28(12-13-35(48)63)54-41(69)33(22-75)59-39(67)31(20-62)57-42(70)34-11-6-16-60(34)43(71)30(17-23-18-52-26-8-2-1-7-24(23)26)56-37(65)27(10-5-15-51-45(49)50)53-40(68)32(21-74)58-36(64)25(47)19-61/h1-2,7-8,18,25,27-34,52,61-62,74-75H,3-6,9-17,19-22,46-47H2,(H2,48,63)(H,53,68)(H,54,69)(H,55,66)(H,56,65)(H,57,70)(H,58,64)(H,59,67)(H,72,73)(H4,49,50,51)/t25-,27-,28-,29-,30-,31-,32-,33-,34-/m0/s1. The van der Waals surface area contributed by atoms with Crippen molar-refractivity contribution >= 4 is 101 Å². The lowest BCUT2D eigenvalue weighted by atomic mass is 10.0. The zero-order valence-electron chi connectivity index (χ0n) is 41.2. The molecule has 2 heterocycles. The van der Waals surface area contributed by atoms with Crippen LogP contribution in [0.3, 0.4) is 0 Å². The van der Waals surface area contributed by atoms with Gasteiger partial charge in [0, 0.05) is 54.5 Å². The lowest BCUT2D eigenvalue weighted by Gasteiger charge is -2.31. The number of aliphatic carboxylic acids is 1. The number of amides is 9. The number of carboxylic acids is 1. The van der Waals surface area contributed by atoms with Crippen LogP contribution in [-0.4, -0.2) is 189 Å². The number of benzene rings is 1. The Bertz CT molecular complexity index is 2340. The summed E-state index contributed by atoms with van der Waals surface area (Å²) >= 11 is 8.30. The van der Waals surface area contributed by atoms with Crippen molar-refractivity contribution in [2.75, 3.05) is 44.4 Å². The van der Waals surface area contributed by atoms with Crippen LogP contribution in [-0.2, 0) is 54.4 Å². The van der Waals surface area contributed by atoms with Crippen molar-refractivity contribution in [1.82, 2.24) is 47.1 Å². The summed E-state index contributed by atoms with van der Waals surface area (Å²) in [5.41, 5.74) is 28.7. The third-order valence-corrected chi connectivity index (χ3v) is 12.7. The number of carboxylic acid groups (broad SMARTS) is 1. The van der Waals surface area contributed by atoms with Crippen LogP contribution < -0.4 is 65.9 Å². The normalized spacial score (nSPS) is 16.3. The number of carbonyl (C=O) groups excluding carboxylic acids is 9. The van der Waals surface area contributed by atoms with Gasteiger partial charge in [-0.2, -0.15) is 25.3 Å². The fraction of sp³-hybridized carbons (Fsp3) is 0.578. The number of aliphatic imine (C=N–C) groups is 1. The van der Waals surface area contributed by atoms with Gasteiger partial charge in [-0.15, -0.1) is 0 Å². The number of aromatic nitrogens is 1. The summed E-state index contributed by atoms with van der Waals surface area (Å²) in [6.45, 7) is -1.37. The van der Waals surface area contributed by atoms with E-state index in [-0.39, 0.29) is 82.0 Å². The number of primary amides is 1. The van der Waals surface area contributed by atoms with Gasteiger partial charge in [0.2, 0.25) is 53.2 Å². The van der Waals surface area contributed by atoms with Gasteiger partial charge in [-0.25, -0.2) is 4.79 Å². The van der Waals surface area contributed by atoms with Crippen LogP contribution in [0.25, 0.3) is 10.9 Å². The number of nitrogens with one attached hydrogen (secondary N) is 8. The molecule has 1 saturated heterocycles. The summed E-state index contributed by atoms with van der Waals surface area (Å²) in [6, 6.07) is -5.58. The molecule has 0 unspecified atom stereocenters. The summed E-state index contributed by atoms with van der Waals surface area (Å²) in [6.07, 6.45) is 2.10. The minimum atomic E-state index is -1.71. The Kier molecular flexibility index (Phi) is 26.6. The Labute approximate surface area is 442 Å². The van der Waals surface area contributed by atoms with Crippen LogP contribution in [0.1, 0.15) is 63.4 Å². The second-order valence-electron chi connectivity index (χ2n) is 17.6. The first-order valence-electron chi connectivity index (χ1n) is 24.1. The van der Waals surface area contributed by atoms with Crippen LogP contribution in [0.15, 0.2) is 35.5 Å². The number of aromatic amines is 1. The van der Waals surface area contributed by atoms with E-state index in [0.717, 1.165) is 0 Å². The molecule has 9 amide bonds. The predicted molar refractivity (Wildman–Crippen MR) is 279 cm³/mol. The van der Waals surface area contributed by atoms with Crippen LogP contribution in [0.4, 0.5) is 0 Å². The number of aliphatic hydroxyl groups is 2. The van der Waals surface area contributed by atoms with Gasteiger partial charge in [0.1, 0.15) is 54.4 Å². The first kappa shape index (κ1) is 62.6. The molecule has 0 spiro atoms. The fourth-order valence-electron chi connectivity index (χ4n) is 7.88. The molecule has 1 aromatic carbocycles. The van der Waals surface area contributed by atoms with Gasteiger partial charge in [0.15, 0.2) is 5.96 Å². The Morgan fingerprint density at radius 1 is 0.693 bits per heavy atom. The van der Waals surface area contributed by atoms with E-state index < -0.39 is 127 Å². The number of carbonyl (C=O) groups is 10. The molecule has 3 rings (SSSR count). The monoisotopic (exact) mass is 1090 g/mol. The number of thiol groups is 2. The van der Waals surface area contributed by atoms with Crippen molar-refractivity contribution in [3.05, 3.63) is 36.0 Å². The number of rotatable bonds is 33. The maximum atomic E-state index is 14.8. The second kappa shape index (κ2) is 31.9. The van der Waals surface area contributed by atoms with E-state index in [1.807, 2.05) is 0 Å². The van der Waals surface area contributed by atoms with Crippen molar-refractivity contribution in [2.45, 2.75) is 119 Å². The van der Waals surface area contributed by atoms with Gasteiger partial charge in [-0.05, 0) is 69.5 Å². The van der Waals surface area contributed by atoms with Gasteiger partial charge in [-0.1, -0.05) is 18.2 Å². The first-order valence-corrected chi connectivity index (χ1v) is 25.4. The van der Waals surface area contributed by atoms with Crippen molar-refractivity contribution in [2.24, 2.45) is 33.7 Å². The van der Waals surface area contributed by atoms with E-state index in [0.29, 0.717) is 35.7 Å². The summed E-state index contributed by atoms with van der Waals surface area (Å²) < 4.78 is 0. The summed E-state index contributed by atoms with van der Waals surface area (Å²) in [7, 11) is 0. The zero-order valence-corrected chi connectivity index (χ0v) is 43.0. The molecule has 0 radical (unpaired) electrons. The summed E-state index contributed by atoms with van der Waals surface area (Å²) in [5.74, 6) is -10.2. The number of hydrogen-bond acceptors (Lipinski definition) is 17. The number of H-pyrrole nitrogens is 1.